The van der Waals surface area contributed by atoms with Crippen molar-refractivity contribution in [2.24, 2.45) is 5.92 Å². The van der Waals surface area contributed by atoms with Crippen LogP contribution >= 0.6 is 0 Å². The number of hydrogen-bond donors (Lipinski definition) is 2. The second kappa shape index (κ2) is 6.55. The lowest BCUT2D eigenvalue weighted by atomic mass is 9.97. The lowest BCUT2D eigenvalue weighted by Gasteiger charge is -2.22. The highest BCUT2D eigenvalue weighted by atomic mass is 16.1. The number of carbonyl (C=O) groups is 1. The van der Waals surface area contributed by atoms with Gasteiger partial charge in [0.25, 0.3) is 5.91 Å². The molecule has 2 unspecified atom stereocenters. The van der Waals surface area contributed by atoms with Crippen molar-refractivity contribution in [3.63, 3.8) is 0 Å². The van der Waals surface area contributed by atoms with Crippen molar-refractivity contribution in [2.45, 2.75) is 45.1 Å². The highest BCUT2D eigenvalue weighted by Gasteiger charge is 2.22. The largest absolute Gasteiger partial charge is 0.388 e. The van der Waals surface area contributed by atoms with Gasteiger partial charge in [0.15, 0.2) is 0 Å². The Morgan fingerprint density at radius 1 is 1.32 bits per heavy atom. The number of amides is 1. The monoisotopic (exact) mass is 261 g/mol. The Morgan fingerprint density at radius 2 is 2.11 bits per heavy atom. The average Bonchev–Trinajstić information content (AvgIpc) is 2.64. The van der Waals surface area contributed by atoms with E-state index in [9.17, 15) is 4.79 Å². The summed E-state index contributed by atoms with van der Waals surface area (Å²) in [6, 6.07) is 3.93. The summed E-state index contributed by atoms with van der Waals surface area (Å²) < 4.78 is 0. The van der Waals surface area contributed by atoms with E-state index < -0.39 is 0 Å². The van der Waals surface area contributed by atoms with Gasteiger partial charge in [-0.3, -0.25) is 9.78 Å². The van der Waals surface area contributed by atoms with Gasteiger partial charge in [0.05, 0.1) is 0 Å². The SMILES string of the molecule is CNc1ccnc(C(=O)NC2CCCCCC2C)c1. The summed E-state index contributed by atoms with van der Waals surface area (Å²) in [5.74, 6) is 0.495. The van der Waals surface area contributed by atoms with Gasteiger partial charge in [0.1, 0.15) is 5.69 Å². The lowest BCUT2D eigenvalue weighted by Crippen LogP contribution is -2.39. The summed E-state index contributed by atoms with van der Waals surface area (Å²) in [5, 5.41) is 6.17. The first-order valence-electron chi connectivity index (χ1n) is 7.15. The predicted octanol–water partition coefficient (Wildman–Crippen LogP) is 2.82. The molecule has 19 heavy (non-hydrogen) atoms. The Morgan fingerprint density at radius 3 is 2.89 bits per heavy atom. The summed E-state index contributed by atoms with van der Waals surface area (Å²) in [5.41, 5.74) is 1.40. The molecule has 0 spiro atoms. The average molecular weight is 261 g/mol. The first-order chi connectivity index (χ1) is 9.20. The number of carbonyl (C=O) groups excluding carboxylic acids is 1. The van der Waals surface area contributed by atoms with Crippen LogP contribution in [0, 0.1) is 5.92 Å². The molecule has 2 rings (SSSR count). The molecule has 2 N–H and O–H groups in total. The third kappa shape index (κ3) is 3.69. The molecule has 4 heteroatoms. The van der Waals surface area contributed by atoms with E-state index >= 15 is 0 Å². The molecule has 1 amide bonds. The van der Waals surface area contributed by atoms with Crippen LogP contribution in [-0.2, 0) is 0 Å². The Labute approximate surface area is 115 Å². The van der Waals surface area contributed by atoms with Gasteiger partial charge in [-0.1, -0.05) is 26.2 Å². The van der Waals surface area contributed by atoms with Crippen LogP contribution in [0.4, 0.5) is 5.69 Å². The van der Waals surface area contributed by atoms with Crippen molar-refractivity contribution in [2.75, 3.05) is 12.4 Å². The molecule has 1 aliphatic rings. The predicted molar refractivity (Wildman–Crippen MR) is 77.3 cm³/mol. The Hall–Kier alpha value is -1.58. The molecule has 0 bridgehead atoms. The fraction of sp³-hybridized carbons (Fsp3) is 0.600. The Bertz CT molecular complexity index is 433. The summed E-state index contributed by atoms with van der Waals surface area (Å²) in [6.45, 7) is 2.23. The molecule has 104 valence electrons. The van der Waals surface area contributed by atoms with E-state index in [1.165, 1.54) is 25.7 Å². The second-order valence-electron chi connectivity index (χ2n) is 5.38. The van der Waals surface area contributed by atoms with Crippen molar-refractivity contribution >= 4 is 11.6 Å². The standard InChI is InChI=1S/C15H23N3O/c1-11-6-4-3-5-7-13(11)18-15(19)14-10-12(16-2)8-9-17-14/h8-11,13H,3-7H2,1-2H3,(H,16,17)(H,18,19). The number of pyridine rings is 1. The van der Waals surface area contributed by atoms with E-state index in [0.717, 1.165) is 12.1 Å². The number of nitrogens with one attached hydrogen (secondary N) is 2. The van der Waals surface area contributed by atoms with Gasteiger partial charge < -0.3 is 10.6 Å². The summed E-state index contributed by atoms with van der Waals surface area (Å²) in [4.78, 5) is 16.4. The molecule has 1 fully saturated rings. The zero-order valence-corrected chi connectivity index (χ0v) is 11.8. The van der Waals surface area contributed by atoms with Crippen LogP contribution in [0.3, 0.4) is 0 Å². The van der Waals surface area contributed by atoms with Gasteiger partial charge in [0, 0.05) is 25.0 Å². The minimum Gasteiger partial charge on any atom is -0.388 e. The van der Waals surface area contributed by atoms with Gasteiger partial charge in [-0.2, -0.15) is 0 Å². The van der Waals surface area contributed by atoms with Crippen molar-refractivity contribution in [1.82, 2.24) is 10.3 Å². The maximum Gasteiger partial charge on any atom is 0.270 e. The van der Waals surface area contributed by atoms with Gasteiger partial charge in [0.2, 0.25) is 0 Å². The quantitative estimate of drug-likeness (QED) is 0.823. The summed E-state index contributed by atoms with van der Waals surface area (Å²) >= 11 is 0. The number of rotatable bonds is 3. The lowest BCUT2D eigenvalue weighted by molar-refractivity contribution is 0.0916. The van der Waals surface area contributed by atoms with Crippen LogP contribution in [0.5, 0.6) is 0 Å². The van der Waals surface area contributed by atoms with Crippen molar-refractivity contribution in [3.8, 4) is 0 Å². The van der Waals surface area contributed by atoms with Crippen LogP contribution in [0.25, 0.3) is 0 Å². The molecule has 0 saturated heterocycles. The number of nitrogens with zero attached hydrogens (tertiary/aromatic N) is 1. The third-order valence-electron chi connectivity index (χ3n) is 3.96. The number of anilines is 1. The fourth-order valence-electron chi connectivity index (χ4n) is 2.66. The molecule has 1 heterocycles. The highest BCUT2D eigenvalue weighted by Crippen LogP contribution is 2.23. The minimum absolute atomic E-state index is 0.0594. The number of aromatic nitrogens is 1. The molecule has 4 nitrogen and oxygen atoms in total. The van der Waals surface area contributed by atoms with Crippen LogP contribution in [0.15, 0.2) is 18.3 Å². The molecular weight excluding hydrogens is 238 g/mol. The molecule has 1 aromatic rings. The molecular formula is C15H23N3O. The van der Waals surface area contributed by atoms with E-state index in [0.29, 0.717) is 11.6 Å². The smallest absolute Gasteiger partial charge is 0.270 e. The molecule has 1 aromatic heterocycles. The first-order valence-corrected chi connectivity index (χ1v) is 7.15. The normalized spacial score (nSPS) is 23.5. The maximum absolute atomic E-state index is 12.2. The fourth-order valence-corrected chi connectivity index (χ4v) is 2.66. The van der Waals surface area contributed by atoms with Gasteiger partial charge in [-0.05, 0) is 30.9 Å². The second-order valence-corrected chi connectivity index (χ2v) is 5.38. The molecule has 0 aliphatic heterocycles. The summed E-state index contributed by atoms with van der Waals surface area (Å²) in [6.07, 6.45) is 7.72. The van der Waals surface area contributed by atoms with E-state index in [2.05, 4.69) is 22.5 Å². The Kier molecular flexibility index (Phi) is 4.77. The van der Waals surface area contributed by atoms with Crippen molar-refractivity contribution < 1.29 is 4.79 Å². The molecule has 0 radical (unpaired) electrons. The molecule has 1 aliphatic carbocycles. The first kappa shape index (κ1) is 13.8. The van der Waals surface area contributed by atoms with Crippen LogP contribution in [-0.4, -0.2) is 24.0 Å². The summed E-state index contributed by atoms with van der Waals surface area (Å²) in [7, 11) is 1.84. The van der Waals surface area contributed by atoms with Crippen LogP contribution in [0.1, 0.15) is 49.5 Å². The van der Waals surface area contributed by atoms with E-state index in [1.807, 2.05) is 13.1 Å². The van der Waals surface area contributed by atoms with Crippen LogP contribution < -0.4 is 10.6 Å². The van der Waals surface area contributed by atoms with Gasteiger partial charge in [-0.25, -0.2) is 0 Å². The van der Waals surface area contributed by atoms with Gasteiger partial charge in [-0.15, -0.1) is 0 Å². The van der Waals surface area contributed by atoms with E-state index in [-0.39, 0.29) is 11.9 Å². The van der Waals surface area contributed by atoms with Crippen molar-refractivity contribution in [3.05, 3.63) is 24.0 Å². The van der Waals surface area contributed by atoms with E-state index in [1.54, 1.807) is 12.3 Å². The molecule has 0 aromatic carbocycles. The maximum atomic E-state index is 12.2. The van der Waals surface area contributed by atoms with Crippen molar-refractivity contribution in [1.29, 1.82) is 0 Å². The molecule has 2 atom stereocenters. The zero-order chi connectivity index (χ0) is 13.7. The minimum atomic E-state index is -0.0594. The highest BCUT2D eigenvalue weighted by molar-refractivity contribution is 5.93. The third-order valence-corrected chi connectivity index (χ3v) is 3.96. The van der Waals surface area contributed by atoms with Gasteiger partial charge >= 0.3 is 0 Å². The Balaban J connectivity index is 2.02. The van der Waals surface area contributed by atoms with Crippen LogP contribution in [0.2, 0.25) is 0 Å². The number of hydrogen-bond acceptors (Lipinski definition) is 3. The zero-order valence-electron chi connectivity index (χ0n) is 11.8. The van der Waals surface area contributed by atoms with E-state index in [4.69, 9.17) is 0 Å². The topological polar surface area (TPSA) is 54.0 Å². The molecule has 1 saturated carbocycles.